The number of nitrogen functional groups attached to an aromatic ring is 1. The van der Waals surface area contributed by atoms with Crippen LogP contribution in [0.4, 0.5) is 5.69 Å². The summed E-state index contributed by atoms with van der Waals surface area (Å²) in [4.78, 5) is 17.3. The third-order valence-electron chi connectivity index (χ3n) is 3.51. The first-order valence-corrected chi connectivity index (χ1v) is 7.10. The molecule has 126 valence electrons. The summed E-state index contributed by atoms with van der Waals surface area (Å²) in [5, 5.41) is 3.70. The Morgan fingerprint density at radius 3 is 2.21 bits per heavy atom. The number of rotatable bonds is 5. The van der Waals surface area contributed by atoms with E-state index in [9.17, 15) is 4.79 Å². The standard InChI is InChI=1S/C17H19N3O4/c1-10-11(6-4-7-12(10)18)16(19)20-24-17(21)15-13(22-2)8-5-9-14(15)23-3/h4-9H,18H2,1-3H3,(H2,19,20). The van der Waals surface area contributed by atoms with E-state index in [2.05, 4.69) is 5.16 Å². The Morgan fingerprint density at radius 2 is 1.62 bits per heavy atom. The Hall–Kier alpha value is -3.22. The van der Waals surface area contributed by atoms with Crippen molar-refractivity contribution in [1.82, 2.24) is 0 Å². The second kappa shape index (κ2) is 7.36. The molecule has 2 rings (SSSR count). The topological polar surface area (TPSA) is 109 Å². The van der Waals surface area contributed by atoms with Crippen LogP contribution in [0.15, 0.2) is 41.6 Å². The highest BCUT2D eigenvalue weighted by atomic mass is 16.7. The number of carbonyl (C=O) groups is 1. The lowest BCUT2D eigenvalue weighted by atomic mass is 10.1. The van der Waals surface area contributed by atoms with Crippen molar-refractivity contribution in [3.8, 4) is 11.5 Å². The predicted octanol–water partition coefficient (Wildman–Crippen LogP) is 2.07. The van der Waals surface area contributed by atoms with Gasteiger partial charge in [-0.05, 0) is 30.7 Å². The summed E-state index contributed by atoms with van der Waals surface area (Å²) >= 11 is 0. The van der Waals surface area contributed by atoms with Crippen molar-refractivity contribution in [1.29, 1.82) is 0 Å². The molecule has 0 saturated heterocycles. The van der Waals surface area contributed by atoms with Crippen LogP contribution < -0.4 is 20.9 Å². The van der Waals surface area contributed by atoms with Crippen molar-refractivity contribution in [3.05, 3.63) is 53.1 Å². The highest BCUT2D eigenvalue weighted by molar-refractivity contribution is 6.01. The van der Waals surface area contributed by atoms with Gasteiger partial charge < -0.3 is 25.8 Å². The van der Waals surface area contributed by atoms with Crippen LogP contribution >= 0.6 is 0 Å². The third kappa shape index (κ3) is 3.40. The number of hydrogen-bond donors (Lipinski definition) is 2. The number of nitrogens with two attached hydrogens (primary N) is 2. The fraction of sp³-hybridized carbons (Fsp3) is 0.176. The molecule has 7 heteroatoms. The van der Waals surface area contributed by atoms with Gasteiger partial charge in [0.25, 0.3) is 0 Å². The van der Waals surface area contributed by atoms with Gasteiger partial charge in [-0.1, -0.05) is 23.4 Å². The molecule has 0 bridgehead atoms. The van der Waals surface area contributed by atoms with Crippen molar-refractivity contribution in [2.75, 3.05) is 20.0 Å². The summed E-state index contributed by atoms with van der Waals surface area (Å²) in [5.74, 6) is -0.0719. The van der Waals surface area contributed by atoms with E-state index in [1.807, 2.05) is 0 Å². The Kier molecular flexibility index (Phi) is 5.26. The molecule has 0 amide bonds. The maximum atomic E-state index is 12.3. The van der Waals surface area contributed by atoms with Crippen molar-refractivity contribution >= 4 is 17.5 Å². The fourth-order valence-corrected chi connectivity index (χ4v) is 2.17. The molecule has 0 aliphatic carbocycles. The average molecular weight is 329 g/mol. The molecule has 24 heavy (non-hydrogen) atoms. The molecule has 0 aliphatic heterocycles. The van der Waals surface area contributed by atoms with Crippen LogP contribution in [0.25, 0.3) is 0 Å². The van der Waals surface area contributed by atoms with Gasteiger partial charge in [0.05, 0.1) is 14.2 Å². The normalized spacial score (nSPS) is 11.0. The monoisotopic (exact) mass is 329 g/mol. The highest BCUT2D eigenvalue weighted by Crippen LogP contribution is 2.29. The first-order chi connectivity index (χ1) is 11.5. The molecular formula is C17H19N3O4. The Bertz CT molecular complexity index is 765. The van der Waals surface area contributed by atoms with E-state index >= 15 is 0 Å². The lowest BCUT2D eigenvalue weighted by Crippen LogP contribution is -2.17. The summed E-state index contributed by atoms with van der Waals surface area (Å²) < 4.78 is 10.3. The largest absolute Gasteiger partial charge is 0.496 e. The van der Waals surface area contributed by atoms with Crippen LogP contribution in [0, 0.1) is 6.92 Å². The average Bonchev–Trinajstić information content (AvgIpc) is 2.60. The minimum atomic E-state index is -0.742. The molecule has 0 radical (unpaired) electrons. The summed E-state index contributed by atoms with van der Waals surface area (Å²) in [6.45, 7) is 1.80. The minimum Gasteiger partial charge on any atom is -0.496 e. The SMILES string of the molecule is COc1cccc(OC)c1C(=O)O/N=C(\N)c1cccc(N)c1C. The lowest BCUT2D eigenvalue weighted by molar-refractivity contribution is 0.0508. The maximum absolute atomic E-state index is 12.3. The zero-order valence-corrected chi connectivity index (χ0v) is 13.7. The van der Waals surface area contributed by atoms with Gasteiger partial charge in [0.15, 0.2) is 5.84 Å². The Labute approximate surface area is 139 Å². The van der Waals surface area contributed by atoms with Gasteiger partial charge in [0.2, 0.25) is 0 Å². The molecule has 2 aromatic carbocycles. The number of methoxy groups -OCH3 is 2. The lowest BCUT2D eigenvalue weighted by Gasteiger charge is -2.11. The molecule has 0 aliphatic rings. The maximum Gasteiger partial charge on any atom is 0.373 e. The van der Waals surface area contributed by atoms with E-state index in [1.165, 1.54) is 14.2 Å². The van der Waals surface area contributed by atoms with E-state index in [0.29, 0.717) is 22.7 Å². The number of nitrogens with zero attached hydrogens (tertiary/aromatic N) is 1. The first-order valence-electron chi connectivity index (χ1n) is 7.10. The summed E-state index contributed by atoms with van der Waals surface area (Å²) in [7, 11) is 2.89. The van der Waals surface area contributed by atoms with Crippen LogP contribution in [0.5, 0.6) is 11.5 Å². The quantitative estimate of drug-likeness (QED) is 0.286. The molecule has 0 heterocycles. The highest BCUT2D eigenvalue weighted by Gasteiger charge is 2.20. The molecule has 0 aromatic heterocycles. The van der Waals surface area contributed by atoms with Gasteiger partial charge in [-0.25, -0.2) is 4.79 Å². The van der Waals surface area contributed by atoms with Gasteiger partial charge in [-0.2, -0.15) is 0 Å². The molecule has 0 saturated carbocycles. The molecule has 7 nitrogen and oxygen atoms in total. The summed E-state index contributed by atoms with van der Waals surface area (Å²) in [6.07, 6.45) is 0. The van der Waals surface area contributed by atoms with Crippen LogP contribution in [0.3, 0.4) is 0 Å². The second-order valence-corrected chi connectivity index (χ2v) is 4.91. The van der Waals surface area contributed by atoms with Crippen molar-refractivity contribution in [2.45, 2.75) is 6.92 Å². The molecular weight excluding hydrogens is 310 g/mol. The van der Waals surface area contributed by atoms with E-state index in [0.717, 1.165) is 5.56 Å². The smallest absolute Gasteiger partial charge is 0.373 e. The Balaban J connectivity index is 2.29. The van der Waals surface area contributed by atoms with Crippen molar-refractivity contribution in [3.63, 3.8) is 0 Å². The molecule has 4 N–H and O–H groups in total. The fourth-order valence-electron chi connectivity index (χ4n) is 2.17. The van der Waals surface area contributed by atoms with E-state index in [1.54, 1.807) is 43.3 Å². The zero-order chi connectivity index (χ0) is 17.7. The van der Waals surface area contributed by atoms with Crippen LogP contribution in [0.1, 0.15) is 21.5 Å². The molecule has 0 fully saturated rings. The van der Waals surface area contributed by atoms with Crippen molar-refractivity contribution in [2.24, 2.45) is 10.9 Å². The van der Waals surface area contributed by atoms with E-state index < -0.39 is 5.97 Å². The van der Waals surface area contributed by atoms with Crippen molar-refractivity contribution < 1.29 is 19.1 Å². The molecule has 2 aromatic rings. The minimum absolute atomic E-state index is 0.0435. The zero-order valence-electron chi connectivity index (χ0n) is 13.7. The second-order valence-electron chi connectivity index (χ2n) is 4.91. The number of benzene rings is 2. The Morgan fingerprint density at radius 1 is 1.04 bits per heavy atom. The van der Waals surface area contributed by atoms with Crippen LogP contribution in [-0.4, -0.2) is 26.0 Å². The van der Waals surface area contributed by atoms with Crippen LogP contribution in [0.2, 0.25) is 0 Å². The van der Waals surface area contributed by atoms with E-state index in [4.69, 9.17) is 25.8 Å². The third-order valence-corrected chi connectivity index (χ3v) is 3.51. The molecule has 0 unspecified atom stereocenters. The van der Waals surface area contributed by atoms with Crippen LogP contribution in [-0.2, 0) is 4.84 Å². The van der Waals surface area contributed by atoms with E-state index in [-0.39, 0.29) is 11.4 Å². The first kappa shape index (κ1) is 17.1. The van der Waals surface area contributed by atoms with Gasteiger partial charge in [-0.3, -0.25) is 0 Å². The number of hydrogen-bond acceptors (Lipinski definition) is 6. The number of anilines is 1. The van der Waals surface area contributed by atoms with Gasteiger partial charge in [0, 0.05) is 11.3 Å². The summed E-state index contributed by atoms with van der Waals surface area (Å²) in [5.41, 5.74) is 13.8. The molecule has 0 spiro atoms. The van der Waals surface area contributed by atoms with Gasteiger partial charge in [-0.15, -0.1) is 0 Å². The van der Waals surface area contributed by atoms with Gasteiger partial charge >= 0.3 is 5.97 Å². The molecule has 0 atom stereocenters. The number of ether oxygens (including phenoxy) is 2. The number of oxime groups is 1. The number of carbonyl (C=O) groups excluding carboxylic acids is 1. The summed E-state index contributed by atoms with van der Waals surface area (Å²) in [6, 6.07) is 10.2. The number of amidine groups is 1. The van der Waals surface area contributed by atoms with Gasteiger partial charge in [0.1, 0.15) is 17.1 Å². The predicted molar refractivity (Wildman–Crippen MR) is 91.3 cm³/mol.